The Labute approximate surface area is 124 Å². The monoisotopic (exact) mass is 347 g/mol. The molecule has 0 spiro atoms. The number of benzene rings is 1. The summed E-state index contributed by atoms with van der Waals surface area (Å²) >= 11 is 3.29. The summed E-state index contributed by atoms with van der Waals surface area (Å²) in [6, 6.07) is 4.85. The minimum Gasteiger partial charge on any atom is -0.399 e. The van der Waals surface area contributed by atoms with E-state index in [9.17, 15) is 8.42 Å². The third-order valence-electron chi connectivity index (χ3n) is 3.29. The van der Waals surface area contributed by atoms with Crippen molar-refractivity contribution in [3.8, 4) is 0 Å². The van der Waals surface area contributed by atoms with Gasteiger partial charge in [-0.25, -0.2) is 8.42 Å². The second kappa shape index (κ2) is 7.29. The van der Waals surface area contributed by atoms with Crippen LogP contribution in [-0.2, 0) is 9.84 Å². The molecule has 0 saturated carbocycles. The van der Waals surface area contributed by atoms with Gasteiger partial charge in [0.2, 0.25) is 0 Å². The normalized spacial score (nSPS) is 13.4. The molecule has 0 radical (unpaired) electrons. The zero-order valence-corrected chi connectivity index (χ0v) is 13.9. The summed E-state index contributed by atoms with van der Waals surface area (Å²) in [6.07, 6.45) is 4.05. The first-order chi connectivity index (χ1) is 8.90. The molecule has 19 heavy (non-hydrogen) atoms. The van der Waals surface area contributed by atoms with Crippen LogP contribution in [0.15, 0.2) is 27.6 Å². The Balaban J connectivity index is 2.90. The third-order valence-corrected chi connectivity index (χ3v) is 6.14. The van der Waals surface area contributed by atoms with Crippen LogP contribution in [0.25, 0.3) is 0 Å². The Bertz CT molecular complexity index is 514. The lowest BCUT2D eigenvalue weighted by atomic mass is 10.0. The van der Waals surface area contributed by atoms with Crippen LogP contribution in [0, 0.1) is 5.92 Å². The molecule has 0 heterocycles. The average Bonchev–Trinajstić information content (AvgIpc) is 2.33. The van der Waals surface area contributed by atoms with E-state index in [2.05, 4.69) is 22.9 Å². The van der Waals surface area contributed by atoms with E-state index in [4.69, 9.17) is 5.73 Å². The van der Waals surface area contributed by atoms with E-state index in [-0.39, 0.29) is 11.7 Å². The molecule has 0 fully saturated rings. The number of sulfone groups is 1. The fourth-order valence-corrected chi connectivity index (χ4v) is 5.04. The molecule has 3 nitrogen and oxygen atoms in total. The number of anilines is 1. The molecule has 0 aliphatic rings. The first-order valence-corrected chi connectivity index (χ1v) is 9.13. The number of nitrogen functional groups attached to an aromatic ring is 1. The van der Waals surface area contributed by atoms with Crippen molar-refractivity contribution in [2.45, 2.75) is 44.4 Å². The Hall–Kier alpha value is -0.550. The van der Waals surface area contributed by atoms with Crippen LogP contribution >= 0.6 is 15.9 Å². The van der Waals surface area contributed by atoms with Gasteiger partial charge in [0.05, 0.1) is 10.6 Å². The van der Waals surface area contributed by atoms with E-state index in [1.807, 2.05) is 6.92 Å². The average molecular weight is 348 g/mol. The van der Waals surface area contributed by atoms with E-state index in [0.29, 0.717) is 15.1 Å². The summed E-state index contributed by atoms with van der Waals surface area (Å²) < 4.78 is 25.4. The number of hydrogen-bond acceptors (Lipinski definition) is 3. The Morgan fingerprint density at radius 3 is 2.53 bits per heavy atom. The highest BCUT2D eigenvalue weighted by atomic mass is 79.9. The smallest absolute Gasteiger partial charge is 0.179 e. The van der Waals surface area contributed by atoms with Crippen molar-refractivity contribution in [1.82, 2.24) is 0 Å². The van der Waals surface area contributed by atoms with Gasteiger partial charge in [-0.2, -0.15) is 0 Å². The maximum Gasteiger partial charge on any atom is 0.179 e. The molecule has 0 bridgehead atoms. The summed E-state index contributed by atoms with van der Waals surface area (Å²) in [5.41, 5.74) is 6.20. The molecule has 0 aromatic heterocycles. The van der Waals surface area contributed by atoms with Gasteiger partial charge in [0.25, 0.3) is 0 Å². The SMILES string of the molecule is CCCCC(CC)CS(=O)(=O)c1ccc(N)cc1Br. The zero-order chi connectivity index (χ0) is 14.5. The minimum absolute atomic E-state index is 0.214. The first kappa shape index (κ1) is 16.5. The molecule has 1 unspecified atom stereocenters. The number of nitrogens with two attached hydrogens (primary N) is 1. The number of unbranched alkanes of at least 4 members (excludes halogenated alkanes) is 1. The zero-order valence-electron chi connectivity index (χ0n) is 11.5. The molecule has 1 rings (SSSR count). The van der Waals surface area contributed by atoms with Gasteiger partial charge < -0.3 is 5.73 Å². The molecular formula is C14H22BrNO2S. The van der Waals surface area contributed by atoms with Gasteiger partial charge in [-0.15, -0.1) is 0 Å². The summed E-state index contributed by atoms with van der Waals surface area (Å²) in [5.74, 6) is 0.445. The molecule has 0 amide bonds. The largest absolute Gasteiger partial charge is 0.399 e. The molecule has 1 atom stereocenters. The van der Waals surface area contributed by atoms with Crippen molar-refractivity contribution in [1.29, 1.82) is 0 Å². The second-order valence-electron chi connectivity index (χ2n) is 4.89. The Morgan fingerprint density at radius 2 is 2.00 bits per heavy atom. The van der Waals surface area contributed by atoms with Gasteiger partial charge in [-0.05, 0) is 46.5 Å². The van der Waals surface area contributed by atoms with Crippen LogP contribution in [0.2, 0.25) is 0 Å². The van der Waals surface area contributed by atoms with Crippen LogP contribution in [0.4, 0.5) is 5.69 Å². The summed E-state index contributed by atoms with van der Waals surface area (Å²) in [4.78, 5) is 0.344. The fourth-order valence-electron chi connectivity index (χ4n) is 2.07. The number of rotatable bonds is 7. The van der Waals surface area contributed by atoms with Crippen molar-refractivity contribution in [2.24, 2.45) is 5.92 Å². The molecule has 108 valence electrons. The van der Waals surface area contributed by atoms with Crippen molar-refractivity contribution in [3.63, 3.8) is 0 Å². The fraction of sp³-hybridized carbons (Fsp3) is 0.571. The van der Waals surface area contributed by atoms with Gasteiger partial charge >= 0.3 is 0 Å². The van der Waals surface area contributed by atoms with Crippen LogP contribution in [0.5, 0.6) is 0 Å². The molecule has 0 aliphatic heterocycles. The maximum atomic E-state index is 12.4. The lowest BCUT2D eigenvalue weighted by Crippen LogP contribution is -2.16. The summed E-state index contributed by atoms with van der Waals surface area (Å²) in [7, 11) is -3.25. The predicted molar refractivity (Wildman–Crippen MR) is 83.9 cm³/mol. The lowest BCUT2D eigenvalue weighted by Gasteiger charge is -2.15. The first-order valence-electron chi connectivity index (χ1n) is 6.68. The van der Waals surface area contributed by atoms with Crippen molar-refractivity contribution in [2.75, 3.05) is 11.5 Å². The van der Waals surface area contributed by atoms with Crippen molar-refractivity contribution in [3.05, 3.63) is 22.7 Å². The number of halogens is 1. The van der Waals surface area contributed by atoms with Crippen molar-refractivity contribution >= 4 is 31.5 Å². The Kier molecular flexibility index (Phi) is 6.33. The highest BCUT2D eigenvalue weighted by Gasteiger charge is 2.22. The van der Waals surface area contributed by atoms with Gasteiger partial charge in [0.15, 0.2) is 9.84 Å². The number of hydrogen-bond donors (Lipinski definition) is 1. The Morgan fingerprint density at radius 1 is 1.32 bits per heavy atom. The summed E-state index contributed by atoms with van der Waals surface area (Å²) in [6.45, 7) is 4.17. The van der Waals surface area contributed by atoms with Gasteiger partial charge in [0, 0.05) is 10.2 Å². The maximum absolute atomic E-state index is 12.4. The summed E-state index contributed by atoms with van der Waals surface area (Å²) in [5, 5.41) is 0. The molecule has 0 aliphatic carbocycles. The van der Waals surface area contributed by atoms with Gasteiger partial charge in [-0.3, -0.25) is 0 Å². The van der Waals surface area contributed by atoms with Crippen LogP contribution in [-0.4, -0.2) is 14.2 Å². The van der Waals surface area contributed by atoms with E-state index in [1.54, 1.807) is 18.2 Å². The molecule has 2 N–H and O–H groups in total. The molecule has 1 aromatic rings. The second-order valence-corrected chi connectivity index (χ2v) is 7.74. The van der Waals surface area contributed by atoms with E-state index >= 15 is 0 Å². The van der Waals surface area contributed by atoms with Gasteiger partial charge in [0.1, 0.15) is 0 Å². The quantitative estimate of drug-likeness (QED) is 0.757. The highest BCUT2D eigenvalue weighted by Crippen LogP contribution is 2.27. The third kappa shape index (κ3) is 4.80. The van der Waals surface area contributed by atoms with Crippen LogP contribution in [0.3, 0.4) is 0 Å². The topological polar surface area (TPSA) is 60.2 Å². The lowest BCUT2D eigenvalue weighted by molar-refractivity contribution is 0.483. The van der Waals surface area contributed by atoms with Gasteiger partial charge in [-0.1, -0.05) is 33.1 Å². The standard InChI is InChI=1S/C14H22BrNO2S/c1-3-5-6-11(4-2)10-19(17,18)14-8-7-12(16)9-13(14)15/h7-9,11H,3-6,10,16H2,1-2H3. The van der Waals surface area contributed by atoms with E-state index in [1.165, 1.54) is 0 Å². The molecular weight excluding hydrogens is 326 g/mol. The van der Waals surface area contributed by atoms with E-state index < -0.39 is 9.84 Å². The molecule has 0 saturated heterocycles. The van der Waals surface area contributed by atoms with E-state index in [0.717, 1.165) is 25.7 Å². The highest BCUT2D eigenvalue weighted by molar-refractivity contribution is 9.10. The van der Waals surface area contributed by atoms with Crippen molar-refractivity contribution < 1.29 is 8.42 Å². The minimum atomic E-state index is -3.25. The van der Waals surface area contributed by atoms with Crippen LogP contribution in [0.1, 0.15) is 39.5 Å². The van der Waals surface area contributed by atoms with Crippen LogP contribution < -0.4 is 5.73 Å². The molecule has 5 heteroatoms. The molecule has 1 aromatic carbocycles. The predicted octanol–water partition coefficient (Wildman–Crippen LogP) is 4.02.